The molecule has 0 amide bonds. The third-order valence-corrected chi connectivity index (χ3v) is 3.83. The monoisotopic (exact) mass is 269 g/mol. The van der Waals surface area contributed by atoms with Crippen LogP contribution in [0, 0.1) is 0 Å². The van der Waals surface area contributed by atoms with E-state index in [2.05, 4.69) is 34.7 Å². The van der Waals surface area contributed by atoms with Gasteiger partial charge in [0.15, 0.2) is 0 Å². The Morgan fingerprint density at radius 3 is 3.00 bits per heavy atom. The Balaban J connectivity index is 1.81. The molecule has 1 aliphatic rings. The molecular weight excluding hydrogens is 250 g/mol. The molecule has 2 heterocycles. The lowest BCUT2D eigenvalue weighted by molar-refractivity contribution is 0.0292. The van der Waals surface area contributed by atoms with Crippen LogP contribution in [0.1, 0.15) is 35.3 Å². The zero-order valence-corrected chi connectivity index (χ0v) is 11.3. The van der Waals surface area contributed by atoms with Crippen molar-refractivity contribution in [3.8, 4) is 0 Å². The Hall–Kier alpha value is -1.75. The van der Waals surface area contributed by atoms with Crippen LogP contribution in [-0.4, -0.2) is 11.6 Å². The number of hydrogen-bond acceptors (Lipinski definition) is 4. The first-order valence-corrected chi connectivity index (χ1v) is 6.94. The van der Waals surface area contributed by atoms with E-state index in [9.17, 15) is 0 Å². The van der Waals surface area contributed by atoms with Gasteiger partial charge in [-0.2, -0.15) is 0 Å². The van der Waals surface area contributed by atoms with E-state index in [1.54, 1.807) is 6.20 Å². The first-order valence-electron chi connectivity index (χ1n) is 6.94. The minimum absolute atomic E-state index is 0.0415. The number of rotatable bonds is 4. The fourth-order valence-corrected chi connectivity index (χ4v) is 2.77. The van der Waals surface area contributed by atoms with Gasteiger partial charge in [0, 0.05) is 12.4 Å². The standard InChI is InChI=1S/C16H19N3O/c17-19-15(13-5-3-8-18-11-13)10-16-14-6-2-1-4-12(14)7-9-20-16/h1-6,8,11,15-16,19H,7,9-10,17H2. The highest BCUT2D eigenvalue weighted by Crippen LogP contribution is 2.33. The molecule has 1 aromatic heterocycles. The van der Waals surface area contributed by atoms with Gasteiger partial charge in [0.25, 0.3) is 0 Å². The predicted octanol–water partition coefficient (Wildman–Crippen LogP) is 2.29. The highest BCUT2D eigenvalue weighted by atomic mass is 16.5. The number of hydrazine groups is 1. The van der Waals surface area contributed by atoms with Crippen molar-refractivity contribution < 1.29 is 4.74 Å². The van der Waals surface area contributed by atoms with Crippen LogP contribution in [-0.2, 0) is 11.2 Å². The number of aromatic nitrogens is 1. The summed E-state index contributed by atoms with van der Waals surface area (Å²) in [6.45, 7) is 0.770. The molecule has 0 bridgehead atoms. The Bertz CT molecular complexity index is 559. The number of nitrogens with zero attached hydrogens (tertiary/aromatic N) is 1. The van der Waals surface area contributed by atoms with Gasteiger partial charge < -0.3 is 4.74 Å². The maximum absolute atomic E-state index is 5.94. The Kier molecular flexibility index (Phi) is 4.06. The lowest BCUT2D eigenvalue weighted by Gasteiger charge is -2.29. The summed E-state index contributed by atoms with van der Waals surface area (Å²) < 4.78 is 5.94. The number of fused-ring (bicyclic) bond motifs is 1. The Labute approximate surface area is 119 Å². The van der Waals surface area contributed by atoms with Crippen molar-refractivity contribution in [3.05, 3.63) is 65.5 Å². The van der Waals surface area contributed by atoms with Gasteiger partial charge in [-0.3, -0.25) is 16.3 Å². The minimum atomic E-state index is 0.0415. The molecule has 1 aromatic carbocycles. The Morgan fingerprint density at radius 2 is 2.20 bits per heavy atom. The summed E-state index contributed by atoms with van der Waals surface area (Å²) in [7, 11) is 0. The van der Waals surface area contributed by atoms with Crippen molar-refractivity contribution in [3.63, 3.8) is 0 Å². The average Bonchev–Trinajstić information content (AvgIpc) is 2.53. The largest absolute Gasteiger partial charge is 0.373 e. The molecule has 1 aliphatic heterocycles. The van der Waals surface area contributed by atoms with Gasteiger partial charge in [-0.05, 0) is 35.6 Å². The molecule has 4 nitrogen and oxygen atoms in total. The lowest BCUT2D eigenvalue weighted by Crippen LogP contribution is -2.31. The number of benzene rings is 1. The summed E-state index contributed by atoms with van der Waals surface area (Å²) in [6, 6.07) is 12.5. The van der Waals surface area contributed by atoms with Crippen LogP contribution in [0.25, 0.3) is 0 Å². The molecule has 3 N–H and O–H groups in total. The molecule has 3 rings (SSSR count). The number of nitrogens with two attached hydrogens (primary N) is 1. The van der Waals surface area contributed by atoms with Gasteiger partial charge >= 0.3 is 0 Å². The maximum atomic E-state index is 5.94. The molecule has 0 aliphatic carbocycles. The normalized spacial score (nSPS) is 19.4. The summed E-state index contributed by atoms with van der Waals surface area (Å²) in [5.74, 6) is 5.71. The van der Waals surface area contributed by atoms with E-state index in [-0.39, 0.29) is 12.1 Å². The molecule has 0 saturated heterocycles. The summed E-state index contributed by atoms with van der Waals surface area (Å²) in [5, 5.41) is 0. The van der Waals surface area contributed by atoms with E-state index in [1.165, 1.54) is 11.1 Å². The SMILES string of the molecule is NNC(CC1OCCc2ccccc21)c1cccnc1. The third kappa shape index (κ3) is 2.72. The lowest BCUT2D eigenvalue weighted by atomic mass is 9.92. The molecule has 104 valence electrons. The van der Waals surface area contributed by atoms with Crippen LogP contribution in [0.5, 0.6) is 0 Å². The predicted molar refractivity (Wildman–Crippen MR) is 77.8 cm³/mol. The second-order valence-electron chi connectivity index (χ2n) is 5.05. The van der Waals surface area contributed by atoms with Gasteiger partial charge in [0.05, 0.1) is 18.8 Å². The van der Waals surface area contributed by atoms with Crippen molar-refractivity contribution in [2.24, 2.45) is 5.84 Å². The molecule has 2 unspecified atom stereocenters. The van der Waals surface area contributed by atoms with Crippen molar-refractivity contribution in [1.29, 1.82) is 0 Å². The highest BCUT2D eigenvalue weighted by molar-refractivity contribution is 5.31. The molecule has 0 fully saturated rings. The molecular formula is C16H19N3O. The van der Waals surface area contributed by atoms with Crippen molar-refractivity contribution in [2.75, 3.05) is 6.61 Å². The first-order chi connectivity index (χ1) is 9.88. The number of ether oxygens (including phenoxy) is 1. The third-order valence-electron chi connectivity index (χ3n) is 3.83. The smallest absolute Gasteiger partial charge is 0.0846 e. The number of hydrogen-bond donors (Lipinski definition) is 2. The van der Waals surface area contributed by atoms with Crippen LogP contribution in [0.3, 0.4) is 0 Å². The Morgan fingerprint density at radius 1 is 1.30 bits per heavy atom. The molecule has 0 radical (unpaired) electrons. The van der Waals surface area contributed by atoms with Crippen LogP contribution < -0.4 is 11.3 Å². The molecule has 20 heavy (non-hydrogen) atoms. The van der Waals surface area contributed by atoms with Gasteiger partial charge in [-0.1, -0.05) is 30.3 Å². The van der Waals surface area contributed by atoms with E-state index in [4.69, 9.17) is 10.6 Å². The minimum Gasteiger partial charge on any atom is -0.373 e. The van der Waals surface area contributed by atoms with Gasteiger partial charge in [0.2, 0.25) is 0 Å². The second kappa shape index (κ2) is 6.13. The summed E-state index contributed by atoms with van der Waals surface area (Å²) >= 11 is 0. The second-order valence-corrected chi connectivity index (χ2v) is 5.05. The van der Waals surface area contributed by atoms with Crippen LogP contribution in [0.15, 0.2) is 48.8 Å². The average molecular weight is 269 g/mol. The summed E-state index contributed by atoms with van der Waals surface area (Å²) in [6.07, 6.45) is 5.49. The summed E-state index contributed by atoms with van der Waals surface area (Å²) in [5.41, 5.74) is 6.62. The van der Waals surface area contributed by atoms with Crippen LogP contribution >= 0.6 is 0 Å². The zero-order chi connectivity index (χ0) is 13.8. The fraction of sp³-hybridized carbons (Fsp3) is 0.312. The number of pyridine rings is 1. The molecule has 4 heteroatoms. The van der Waals surface area contributed by atoms with Gasteiger partial charge in [-0.15, -0.1) is 0 Å². The molecule has 2 atom stereocenters. The topological polar surface area (TPSA) is 60.2 Å². The van der Waals surface area contributed by atoms with Crippen molar-refractivity contribution >= 4 is 0 Å². The van der Waals surface area contributed by atoms with E-state index in [0.717, 1.165) is 25.0 Å². The fourth-order valence-electron chi connectivity index (χ4n) is 2.77. The van der Waals surface area contributed by atoms with E-state index >= 15 is 0 Å². The van der Waals surface area contributed by atoms with Gasteiger partial charge in [0.1, 0.15) is 0 Å². The van der Waals surface area contributed by atoms with Crippen molar-refractivity contribution in [1.82, 2.24) is 10.4 Å². The molecule has 0 saturated carbocycles. The zero-order valence-electron chi connectivity index (χ0n) is 11.3. The van der Waals surface area contributed by atoms with Crippen LogP contribution in [0.4, 0.5) is 0 Å². The van der Waals surface area contributed by atoms with E-state index < -0.39 is 0 Å². The van der Waals surface area contributed by atoms with Crippen molar-refractivity contribution in [2.45, 2.75) is 25.0 Å². The van der Waals surface area contributed by atoms with E-state index in [0.29, 0.717) is 0 Å². The highest BCUT2D eigenvalue weighted by Gasteiger charge is 2.24. The first kappa shape index (κ1) is 13.2. The summed E-state index contributed by atoms with van der Waals surface area (Å²) in [4.78, 5) is 4.15. The maximum Gasteiger partial charge on any atom is 0.0846 e. The van der Waals surface area contributed by atoms with E-state index in [1.807, 2.05) is 18.3 Å². The molecule has 2 aromatic rings. The number of nitrogens with one attached hydrogen (secondary N) is 1. The van der Waals surface area contributed by atoms with Gasteiger partial charge in [-0.25, -0.2) is 0 Å². The molecule has 0 spiro atoms. The van der Waals surface area contributed by atoms with Crippen LogP contribution in [0.2, 0.25) is 0 Å². The quantitative estimate of drug-likeness (QED) is 0.660.